The van der Waals surface area contributed by atoms with Crippen molar-refractivity contribution in [3.63, 3.8) is 0 Å². The molecular formula is C28H26N2O6. The van der Waals surface area contributed by atoms with E-state index in [0.29, 0.717) is 34.7 Å². The van der Waals surface area contributed by atoms with E-state index >= 15 is 0 Å². The smallest absolute Gasteiger partial charge is 0.338 e. The second-order valence-corrected chi connectivity index (χ2v) is 8.06. The molecule has 0 radical (unpaired) electrons. The summed E-state index contributed by atoms with van der Waals surface area (Å²) in [4.78, 5) is 44.0. The Morgan fingerprint density at radius 1 is 0.944 bits per heavy atom. The van der Waals surface area contributed by atoms with Crippen LogP contribution < -0.4 is 4.74 Å². The zero-order valence-electron chi connectivity index (χ0n) is 20.0. The van der Waals surface area contributed by atoms with Gasteiger partial charge in [0.15, 0.2) is 0 Å². The minimum absolute atomic E-state index is 0.0361. The number of Topliss-reactive ketones (excluding diaryl/α,β-unsaturated/α-hetero) is 1. The summed E-state index contributed by atoms with van der Waals surface area (Å²) >= 11 is 0. The molecule has 1 N–H and O–H groups in total. The molecule has 8 nitrogen and oxygen atoms in total. The summed E-state index contributed by atoms with van der Waals surface area (Å²) in [7, 11) is 0. The van der Waals surface area contributed by atoms with Crippen LogP contribution in [0.1, 0.15) is 47.1 Å². The van der Waals surface area contributed by atoms with Crippen LogP contribution in [-0.2, 0) is 20.9 Å². The van der Waals surface area contributed by atoms with Crippen molar-refractivity contribution in [1.82, 2.24) is 9.88 Å². The van der Waals surface area contributed by atoms with E-state index in [0.717, 1.165) is 0 Å². The fourth-order valence-corrected chi connectivity index (χ4v) is 4.08. The first-order valence-corrected chi connectivity index (χ1v) is 11.6. The summed E-state index contributed by atoms with van der Waals surface area (Å²) in [6, 6.07) is 17.6. The highest BCUT2D eigenvalue weighted by atomic mass is 16.5. The number of carbonyl (C=O) groups is 3. The van der Waals surface area contributed by atoms with E-state index < -0.39 is 23.7 Å². The largest absolute Gasteiger partial charge is 0.507 e. The zero-order chi connectivity index (χ0) is 25.7. The minimum Gasteiger partial charge on any atom is -0.507 e. The maximum absolute atomic E-state index is 13.2. The van der Waals surface area contributed by atoms with Crippen LogP contribution in [-0.4, -0.2) is 45.9 Å². The van der Waals surface area contributed by atoms with Gasteiger partial charge in [-0.25, -0.2) is 4.79 Å². The number of ketones is 1. The van der Waals surface area contributed by atoms with Crippen molar-refractivity contribution >= 4 is 23.4 Å². The molecule has 1 aliphatic heterocycles. The fraction of sp³-hybridized carbons (Fsp3) is 0.214. The second kappa shape index (κ2) is 10.9. The van der Waals surface area contributed by atoms with Crippen LogP contribution in [0.15, 0.2) is 78.5 Å². The lowest BCUT2D eigenvalue weighted by atomic mass is 9.98. The summed E-state index contributed by atoms with van der Waals surface area (Å²) < 4.78 is 10.5. The second-order valence-electron chi connectivity index (χ2n) is 8.06. The topological polar surface area (TPSA) is 106 Å². The first-order chi connectivity index (χ1) is 17.4. The predicted octanol–water partition coefficient (Wildman–Crippen LogP) is 4.28. The Morgan fingerprint density at radius 2 is 1.64 bits per heavy atom. The first-order valence-electron chi connectivity index (χ1n) is 11.6. The van der Waals surface area contributed by atoms with E-state index in [-0.39, 0.29) is 24.5 Å². The van der Waals surface area contributed by atoms with Crippen molar-refractivity contribution in [3.05, 3.63) is 101 Å². The summed E-state index contributed by atoms with van der Waals surface area (Å²) in [5, 5.41) is 11.2. The van der Waals surface area contributed by atoms with Gasteiger partial charge in [0.25, 0.3) is 11.7 Å². The number of hydrogen-bond acceptors (Lipinski definition) is 7. The first kappa shape index (κ1) is 24.7. The molecule has 1 aliphatic rings. The third-order valence-electron chi connectivity index (χ3n) is 5.76. The van der Waals surface area contributed by atoms with E-state index in [1.807, 2.05) is 6.92 Å². The van der Waals surface area contributed by atoms with E-state index in [1.54, 1.807) is 79.9 Å². The number of benzene rings is 2. The molecule has 184 valence electrons. The third-order valence-corrected chi connectivity index (χ3v) is 5.76. The molecule has 1 fully saturated rings. The van der Waals surface area contributed by atoms with Crippen molar-refractivity contribution in [1.29, 1.82) is 0 Å². The number of carbonyl (C=O) groups excluding carboxylic acids is 3. The highest BCUT2D eigenvalue weighted by Crippen LogP contribution is 2.39. The van der Waals surface area contributed by atoms with Gasteiger partial charge in [0.1, 0.15) is 17.6 Å². The molecule has 8 heteroatoms. The summed E-state index contributed by atoms with van der Waals surface area (Å²) in [6.45, 7) is 4.44. The Bertz CT molecular complexity index is 1280. The van der Waals surface area contributed by atoms with Gasteiger partial charge in [-0.3, -0.25) is 14.6 Å². The lowest BCUT2D eigenvalue weighted by molar-refractivity contribution is -0.140. The van der Waals surface area contributed by atoms with Crippen LogP contribution in [0, 0.1) is 0 Å². The van der Waals surface area contributed by atoms with Crippen LogP contribution in [0.2, 0.25) is 0 Å². The maximum atomic E-state index is 13.2. The number of rotatable bonds is 8. The van der Waals surface area contributed by atoms with Gasteiger partial charge in [0, 0.05) is 18.3 Å². The molecule has 1 saturated heterocycles. The van der Waals surface area contributed by atoms with E-state index in [2.05, 4.69) is 4.98 Å². The zero-order valence-corrected chi connectivity index (χ0v) is 20.0. The van der Waals surface area contributed by atoms with E-state index in [4.69, 9.17) is 9.47 Å². The van der Waals surface area contributed by atoms with Gasteiger partial charge in [0.05, 0.1) is 30.0 Å². The van der Waals surface area contributed by atoms with Gasteiger partial charge in [-0.15, -0.1) is 0 Å². The van der Waals surface area contributed by atoms with Gasteiger partial charge in [-0.2, -0.15) is 0 Å². The van der Waals surface area contributed by atoms with Gasteiger partial charge in [-0.1, -0.05) is 18.2 Å². The molecule has 0 aliphatic carbocycles. The SMILES string of the molecule is CCOC(=O)c1ccc(CN2C(=O)C(=O)/C(=C(/O)c3ccc(OCC)cc3)C2c2ccccn2)cc1. The monoisotopic (exact) mass is 486 g/mol. The van der Waals surface area contributed by atoms with Gasteiger partial charge in [0.2, 0.25) is 0 Å². The van der Waals surface area contributed by atoms with Crippen LogP contribution in [0.25, 0.3) is 5.76 Å². The highest BCUT2D eigenvalue weighted by Gasteiger charge is 2.46. The molecule has 0 saturated carbocycles. The molecule has 1 unspecified atom stereocenters. The molecular weight excluding hydrogens is 460 g/mol. The standard InChI is InChI=1S/C28H26N2O6/c1-3-35-21-14-12-19(13-15-21)25(31)23-24(22-7-5-6-16-29-22)30(27(33)26(23)32)17-18-8-10-20(11-9-18)28(34)36-4-2/h5-16,24,31H,3-4,17H2,1-2H3/b25-23+. The quantitative estimate of drug-likeness (QED) is 0.219. The van der Waals surface area contributed by atoms with Gasteiger partial charge in [-0.05, 0) is 67.9 Å². The fourth-order valence-electron chi connectivity index (χ4n) is 4.08. The van der Waals surface area contributed by atoms with Crippen LogP contribution >= 0.6 is 0 Å². The Labute approximate surface area is 208 Å². The highest BCUT2D eigenvalue weighted by molar-refractivity contribution is 6.46. The molecule has 3 aromatic rings. The molecule has 36 heavy (non-hydrogen) atoms. The Hall–Kier alpha value is -4.46. The maximum Gasteiger partial charge on any atom is 0.338 e. The summed E-state index contributed by atoms with van der Waals surface area (Å²) in [5.74, 6) is -1.63. The van der Waals surface area contributed by atoms with Crippen molar-refractivity contribution in [2.45, 2.75) is 26.4 Å². The lowest BCUT2D eigenvalue weighted by Gasteiger charge is -2.24. The number of aliphatic hydroxyl groups excluding tert-OH is 1. The number of likely N-dealkylation sites (tertiary alicyclic amines) is 1. The molecule has 1 atom stereocenters. The Morgan fingerprint density at radius 3 is 2.25 bits per heavy atom. The third kappa shape index (κ3) is 4.98. The lowest BCUT2D eigenvalue weighted by Crippen LogP contribution is -2.29. The average molecular weight is 487 g/mol. The number of esters is 1. The van der Waals surface area contributed by atoms with Crippen LogP contribution in [0.3, 0.4) is 0 Å². The summed E-state index contributed by atoms with van der Waals surface area (Å²) in [6.07, 6.45) is 1.57. The Kier molecular flexibility index (Phi) is 7.44. The van der Waals surface area contributed by atoms with Gasteiger partial charge >= 0.3 is 5.97 Å². The van der Waals surface area contributed by atoms with E-state index in [9.17, 15) is 19.5 Å². The summed E-state index contributed by atoms with van der Waals surface area (Å²) in [5.41, 5.74) is 1.89. The molecule has 0 spiro atoms. The van der Waals surface area contributed by atoms with Crippen molar-refractivity contribution in [3.8, 4) is 5.75 Å². The number of aromatic nitrogens is 1. The van der Waals surface area contributed by atoms with E-state index in [1.165, 1.54) is 4.90 Å². The van der Waals surface area contributed by atoms with Crippen LogP contribution in [0.5, 0.6) is 5.75 Å². The number of amides is 1. The molecule has 1 aromatic heterocycles. The van der Waals surface area contributed by atoms with Crippen molar-refractivity contribution in [2.24, 2.45) is 0 Å². The number of aliphatic hydroxyl groups is 1. The predicted molar refractivity (Wildman–Crippen MR) is 132 cm³/mol. The van der Waals surface area contributed by atoms with Crippen LogP contribution in [0.4, 0.5) is 0 Å². The van der Waals surface area contributed by atoms with Gasteiger partial charge < -0.3 is 19.5 Å². The molecule has 2 heterocycles. The molecule has 4 rings (SSSR count). The molecule has 2 aromatic carbocycles. The normalized spacial score (nSPS) is 16.7. The number of ether oxygens (including phenoxy) is 2. The molecule has 1 amide bonds. The Balaban J connectivity index is 1.72. The number of pyridine rings is 1. The number of hydrogen-bond donors (Lipinski definition) is 1. The minimum atomic E-state index is -0.887. The van der Waals surface area contributed by atoms with Crippen molar-refractivity contribution in [2.75, 3.05) is 13.2 Å². The molecule has 0 bridgehead atoms. The number of nitrogens with zero attached hydrogens (tertiary/aromatic N) is 2. The average Bonchev–Trinajstić information content (AvgIpc) is 3.15. The van der Waals surface area contributed by atoms with Crippen molar-refractivity contribution < 1.29 is 29.0 Å².